The van der Waals surface area contributed by atoms with E-state index in [0.717, 1.165) is 36.3 Å². The van der Waals surface area contributed by atoms with Crippen molar-refractivity contribution in [3.63, 3.8) is 0 Å². The van der Waals surface area contributed by atoms with Gasteiger partial charge in [-0.1, -0.05) is 6.92 Å². The van der Waals surface area contributed by atoms with Crippen molar-refractivity contribution in [2.75, 3.05) is 31.6 Å². The number of nitrogens with one attached hydrogen (secondary N) is 1. The summed E-state index contributed by atoms with van der Waals surface area (Å²) in [6, 6.07) is 6.72. The second kappa shape index (κ2) is 5.74. The molecule has 0 radical (unpaired) electrons. The van der Waals surface area contributed by atoms with Crippen LogP contribution in [0, 0.1) is 0 Å². The summed E-state index contributed by atoms with van der Waals surface area (Å²) < 4.78 is 6.43. The fraction of sp³-hybridized carbons (Fsp3) is 0.538. The van der Waals surface area contributed by atoms with Gasteiger partial charge in [-0.05, 0) is 34.5 Å². The van der Waals surface area contributed by atoms with Crippen molar-refractivity contribution in [3.8, 4) is 5.75 Å². The molecule has 0 spiro atoms. The fourth-order valence-corrected chi connectivity index (χ4v) is 2.68. The van der Waals surface area contributed by atoms with Crippen molar-refractivity contribution in [3.05, 3.63) is 22.7 Å². The van der Waals surface area contributed by atoms with E-state index >= 15 is 0 Å². The van der Waals surface area contributed by atoms with E-state index in [1.54, 1.807) is 7.11 Å². The lowest BCUT2D eigenvalue weighted by Gasteiger charge is -2.35. The highest BCUT2D eigenvalue weighted by Crippen LogP contribution is 2.31. The Bertz CT molecular complexity index is 384. The highest BCUT2D eigenvalue weighted by molar-refractivity contribution is 9.10. The maximum absolute atomic E-state index is 5.29. The van der Waals surface area contributed by atoms with Crippen LogP contribution in [0.25, 0.3) is 0 Å². The van der Waals surface area contributed by atoms with Crippen LogP contribution in [0.2, 0.25) is 0 Å². The number of anilines is 1. The molecule has 1 aliphatic heterocycles. The van der Waals surface area contributed by atoms with E-state index in [1.165, 1.54) is 5.69 Å². The first-order valence-corrected chi connectivity index (χ1v) is 6.85. The van der Waals surface area contributed by atoms with Crippen LogP contribution in [0.4, 0.5) is 5.69 Å². The number of hydrogen-bond donors (Lipinski definition) is 1. The lowest BCUT2D eigenvalue weighted by Crippen LogP contribution is -2.50. The molecular weight excluding hydrogens is 280 g/mol. The van der Waals surface area contributed by atoms with Gasteiger partial charge >= 0.3 is 0 Å². The standard InChI is InChI=1S/C13H19BrN2O/c1-3-10-9-16(7-6-15-10)13-8-11(17-2)4-5-12(13)14/h4-5,8,10,15H,3,6-7,9H2,1-2H3. The van der Waals surface area contributed by atoms with Crippen molar-refractivity contribution in [1.82, 2.24) is 5.32 Å². The van der Waals surface area contributed by atoms with Gasteiger partial charge in [-0.15, -0.1) is 0 Å². The maximum Gasteiger partial charge on any atom is 0.121 e. The number of methoxy groups -OCH3 is 1. The molecule has 1 saturated heterocycles. The van der Waals surface area contributed by atoms with E-state index in [2.05, 4.69) is 45.2 Å². The molecule has 17 heavy (non-hydrogen) atoms. The molecule has 1 aromatic carbocycles. The van der Waals surface area contributed by atoms with Gasteiger partial charge in [-0.2, -0.15) is 0 Å². The number of nitrogens with zero attached hydrogens (tertiary/aromatic N) is 1. The largest absolute Gasteiger partial charge is 0.497 e. The summed E-state index contributed by atoms with van der Waals surface area (Å²) in [6.07, 6.45) is 1.16. The number of hydrogen-bond acceptors (Lipinski definition) is 3. The highest BCUT2D eigenvalue weighted by Gasteiger charge is 2.19. The summed E-state index contributed by atoms with van der Waals surface area (Å²) >= 11 is 3.62. The third kappa shape index (κ3) is 2.93. The number of piperazine rings is 1. The number of rotatable bonds is 3. The van der Waals surface area contributed by atoms with Gasteiger partial charge in [0.2, 0.25) is 0 Å². The molecule has 1 fully saturated rings. The van der Waals surface area contributed by atoms with Crippen molar-refractivity contribution in [2.45, 2.75) is 19.4 Å². The smallest absolute Gasteiger partial charge is 0.121 e. The minimum Gasteiger partial charge on any atom is -0.497 e. The highest BCUT2D eigenvalue weighted by atomic mass is 79.9. The molecule has 1 aromatic rings. The lowest BCUT2D eigenvalue weighted by molar-refractivity contribution is 0.413. The molecule has 4 heteroatoms. The first-order valence-electron chi connectivity index (χ1n) is 6.06. The second-order valence-corrected chi connectivity index (χ2v) is 5.18. The van der Waals surface area contributed by atoms with Crippen LogP contribution in [0.1, 0.15) is 13.3 Å². The van der Waals surface area contributed by atoms with Crippen molar-refractivity contribution in [1.29, 1.82) is 0 Å². The van der Waals surface area contributed by atoms with E-state index in [4.69, 9.17) is 4.74 Å². The Balaban J connectivity index is 2.20. The maximum atomic E-state index is 5.29. The molecular formula is C13H19BrN2O. The minimum atomic E-state index is 0.585. The Morgan fingerprint density at radius 3 is 3.06 bits per heavy atom. The molecule has 1 aliphatic rings. The minimum absolute atomic E-state index is 0.585. The zero-order valence-corrected chi connectivity index (χ0v) is 12.0. The van der Waals surface area contributed by atoms with Crippen LogP contribution in [0.3, 0.4) is 0 Å². The summed E-state index contributed by atoms with van der Waals surface area (Å²) in [5.74, 6) is 0.912. The van der Waals surface area contributed by atoms with Gasteiger partial charge in [0, 0.05) is 36.2 Å². The fourth-order valence-electron chi connectivity index (χ4n) is 2.18. The average molecular weight is 299 g/mol. The lowest BCUT2D eigenvalue weighted by atomic mass is 10.1. The Kier molecular flexibility index (Phi) is 4.29. The summed E-state index contributed by atoms with van der Waals surface area (Å²) in [6.45, 7) is 5.37. The molecule has 0 amide bonds. The quantitative estimate of drug-likeness (QED) is 0.928. The first-order chi connectivity index (χ1) is 8.24. The van der Waals surface area contributed by atoms with Gasteiger partial charge in [0.25, 0.3) is 0 Å². The molecule has 1 N–H and O–H groups in total. The van der Waals surface area contributed by atoms with E-state index < -0.39 is 0 Å². The molecule has 1 unspecified atom stereocenters. The van der Waals surface area contributed by atoms with Crippen LogP contribution in [0.5, 0.6) is 5.75 Å². The predicted molar refractivity (Wildman–Crippen MR) is 75.0 cm³/mol. The van der Waals surface area contributed by atoms with Crippen LogP contribution in [-0.2, 0) is 0 Å². The Morgan fingerprint density at radius 2 is 2.35 bits per heavy atom. The van der Waals surface area contributed by atoms with Gasteiger partial charge in [0.1, 0.15) is 5.75 Å². The summed E-state index contributed by atoms with van der Waals surface area (Å²) in [5.41, 5.74) is 1.23. The van der Waals surface area contributed by atoms with Crippen molar-refractivity contribution in [2.24, 2.45) is 0 Å². The van der Waals surface area contributed by atoms with Crippen LogP contribution in [-0.4, -0.2) is 32.8 Å². The van der Waals surface area contributed by atoms with Crippen LogP contribution < -0.4 is 15.0 Å². The molecule has 1 atom stereocenters. The Labute approximate surface area is 111 Å². The Morgan fingerprint density at radius 1 is 1.53 bits per heavy atom. The third-order valence-corrected chi connectivity index (χ3v) is 3.91. The summed E-state index contributed by atoms with van der Waals surface area (Å²) in [7, 11) is 1.71. The number of halogens is 1. The van der Waals surface area contributed by atoms with Crippen molar-refractivity contribution < 1.29 is 4.74 Å². The predicted octanol–water partition coefficient (Wildman–Crippen LogP) is 2.65. The number of benzene rings is 1. The Hall–Kier alpha value is -0.740. The molecule has 0 aromatic heterocycles. The molecule has 0 bridgehead atoms. The normalized spacial score (nSPS) is 20.4. The summed E-state index contributed by atoms with van der Waals surface area (Å²) in [4.78, 5) is 2.41. The molecule has 0 aliphatic carbocycles. The van der Waals surface area contributed by atoms with E-state index in [0.29, 0.717) is 6.04 Å². The van der Waals surface area contributed by atoms with Gasteiger partial charge < -0.3 is 15.0 Å². The third-order valence-electron chi connectivity index (χ3n) is 3.24. The van der Waals surface area contributed by atoms with Crippen LogP contribution >= 0.6 is 15.9 Å². The number of ether oxygens (including phenoxy) is 1. The van der Waals surface area contributed by atoms with E-state index in [-0.39, 0.29) is 0 Å². The summed E-state index contributed by atoms with van der Waals surface area (Å²) in [5, 5.41) is 3.53. The van der Waals surface area contributed by atoms with Crippen LogP contribution in [0.15, 0.2) is 22.7 Å². The zero-order valence-electron chi connectivity index (χ0n) is 10.4. The van der Waals surface area contributed by atoms with E-state index in [1.807, 2.05) is 6.07 Å². The van der Waals surface area contributed by atoms with Crippen molar-refractivity contribution >= 4 is 21.6 Å². The SMILES string of the molecule is CCC1CN(c2cc(OC)ccc2Br)CCN1. The van der Waals surface area contributed by atoms with E-state index in [9.17, 15) is 0 Å². The molecule has 94 valence electrons. The topological polar surface area (TPSA) is 24.5 Å². The van der Waals surface area contributed by atoms with Gasteiger partial charge in [0.05, 0.1) is 12.8 Å². The van der Waals surface area contributed by atoms with Gasteiger partial charge in [-0.3, -0.25) is 0 Å². The monoisotopic (exact) mass is 298 g/mol. The molecule has 3 nitrogen and oxygen atoms in total. The zero-order chi connectivity index (χ0) is 12.3. The van der Waals surface area contributed by atoms with Gasteiger partial charge in [-0.25, -0.2) is 0 Å². The van der Waals surface area contributed by atoms with Gasteiger partial charge in [0.15, 0.2) is 0 Å². The molecule has 1 heterocycles. The average Bonchev–Trinajstić information content (AvgIpc) is 2.39. The second-order valence-electron chi connectivity index (χ2n) is 4.32. The first kappa shape index (κ1) is 12.7. The molecule has 2 rings (SSSR count). The molecule has 0 saturated carbocycles.